The number of imidazole rings is 1. The average Bonchev–Trinajstić information content (AvgIpc) is 3.44. The molecule has 1 fully saturated rings. The third-order valence-corrected chi connectivity index (χ3v) is 5.95. The van der Waals surface area contributed by atoms with Crippen LogP contribution in [0.1, 0.15) is 34.7 Å². The zero-order chi connectivity index (χ0) is 19.7. The molecule has 0 unspecified atom stereocenters. The van der Waals surface area contributed by atoms with Crippen molar-refractivity contribution in [1.29, 1.82) is 0 Å². The minimum Gasteiger partial charge on any atom is -0.319 e. The molecule has 0 spiro atoms. The van der Waals surface area contributed by atoms with Gasteiger partial charge >= 0.3 is 0 Å². The Hall–Kier alpha value is -3.57. The monoisotopic (exact) mass is 374 g/mol. The summed E-state index contributed by atoms with van der Waals surface area (Å²) in [6, 6.07) is 32.0. The Morgan fingerprint density at radius 3 is 1.69 bits per heavy atom. The molecule has 0 bridgehead atoms. The highest BCUT2D eigenvalue weighted by Gasteiger charge is 2.42. The summed E-state index contributed by atoms with van der Waals surface area (Å²) in [5, 5.41) is 0. The van der Waals surface area contributed by atoms with E-state index in [2.05, 4.69) is 108 Å². The van der Waals surface area contributed by atoms with Gasteiger partial charge in [0.25, 0.3) is 0 Å². The number of hydrogen-bond donors (Lipinski definition) is 0. The second-order valence-corrected chi connectivity index (χ2v) is 7.63. The molecule has 4 aromatic rings. The molecule has 3 aromatic carbocycles. The van der Waals surface area contributed by atoms with Crippen LogP contribution in [0.5, 0.6) is 0 Å². The van der Waals surface area contributed by atoms with E-state index < -0.39 is 5.54 Å². The second-order valence-electron chi connectivity index (χ2n) is 7.63. The molecular weight excluding hydrogens is 352 g/mol. The van der Waals surface area contributed by atoms with E-state index in [1.165, 1.54) is 16.7 Å². The summed E-state index contributed by atoms with van der Waals surface area (Å²) in [5.74, 6) is 3.57. The lowest BCUT2D eigenvalue weighted by atomic mass is 9.77. The number of hydrogen-bond acceptors (Lipinski definition) is 1. The Labute approximate surface area is 171 Å². The van der Waals surface area contributed by atoms with Gasteiger partial charge in [-0.15, -0.1) is 12.3 Å². The summed E-state index contributed by atoms with van der Waals surface area (Å²) < 4.78 is 2.26. The fourth-order valence-corrected chi connectivity index (χ4v) is 4.40. The molecule has 0 N–H and O–H groups in total. The number of rotatable bonds is 5. The lowest BCUT2D eigenvalue weighted by Gasteiger charge is -2.37. The molecule has 1 aliphatic carbocycles. The average molecular weight is 374 g/mol. The molecule has 0 aliphatic heterocycles. The summed E-state index contributed by atoms with van der Waals surface area (Å²) in [7, 11) is 0. The zero-order valence-corrected chi connectivity index (χ0v) is 16.1. The predicted molar refractivity (Wildman–Crippen MR) is 117 cm³/mol. The summed E-state index contributed by atoms with van der Waals surface area (Å²) in [5.41, 5.74) is 4.18. The van der Waals surface area contributed by atoms with Crippen LogP contribution in [0.4, 0.5) is 0 Å². The molecule has 1 aliphatic rings. The normalized spacial score (nSPS) is 18.2. The van der Waals surface area contributed by atoms with E-state index in [9.17, 15) is 0 Å². The highest BCUT2D eigenvalue weighted by Crippen LogP contribution is 2.47. The van der Waals surface area contributed by atoms with Gasteiger partial charge in [-0.1, -0.05) is 91.0 Å². The Morgan fingerprint density at radius 2 is 1.28 bits per heavy atom. The maximum atomic E-state index is 5.64. The standard InChI is InChI=1S/C27H22N2/c1-2-21-18-25(21)26-19-29(20-28-26)27(22-12-6-3-7-13-22,23-14-8-4-9-15-23)24-16-10-5-11-17-24/h1,3-17,19-21,25H,18H2/t21-,25-/m1/s1. The highest BCUT2D eigenvalue weighted by atomic mass is 15.1. The van der Waals surface area contributed by atoms with Gasteiger partial charge in [0.2, 0.25) is 0 Å². The van der Waals surface area contributed by atoms with Crippen LogP contribution in [-0.2, 0) is 5.54 Å². The lowest BCUT2D eigenvalue weighted by Crippen LogP contribution is -2.36. The van der Waals surface area contributed by atoms with Crippen molar-refractivity contribution in [2.24, 2.45) is 5.92 Å². The Morgan fingerprint density at radius 1 is 0.793 bits per heavy atom. The van der Waals surface area contributed by atoms with Crippen molar-refractivity contribution in [2.45, 2.75) is 17.9 Å². The van der Waals surface area contributed by atoms with Gasteiger partial charge in [0.1, 0.15) is 5.54 Å². The third kappa shape index (κ3) is 2.87. The van der Waals surface area contributed by atoms with E-state index in [-0.39, 0.29) is 0 Å². The molecule has 1 saturated carbocycles. The molecule has 140 valence electrons. The van der Waals surface area contributed by atoms with Crippen molar-refractivity contribution in [3.8, 4) is 12.3 Å². The van der Waals surface area contributed by atoms with E-state index in [0.717, 1.165) is 12.1 Å². The van der Waals surface area contributed by atoms with E-state index in [1.807, 2.05) is 6.33 Å². The molecule has 2 nitrogen and oxygen atoms in total. The molecule has 1 aromatic heterocycles. The predicted octanol–water partition coefficient (Wildman–Crippen LogP) is 5.46. The molecule has 0 saturated heterocycles. The minimum atomic E-state index is -0.504. The van der Waals surface area contributed by atoms with E-state index >= 15 is 0 Å². The molecule has 0 radical (unpaired) electrons. The largest absolute Gasteiger partial charge is 0.319 e. The number of nitrogens with zero attached hydrogens (tertiary/aromatic N) is 2. The van der Waals surface area contributed by atoms with Crippen molar-refractivity contribution < 1.29 is 0 Å². The maximum absolute atomic E-state index is 5.64. The Bertz CT molecular complexity index is 1040. The summed E-state index contributed by atoms with van der Waals surface area (Å²) in [6.45, 7) is 0. The smallest absolute Gasteiger partial charge is 0.121 e. The van der Waals surface area contributed by atoms with E-state index in [4.69, 9.17) is 11.4 Å². The second kappa shape index (κ2) is 7.11. The van der Waals surface area contributed by atoms with Crippen molar-refractivity contribution in [3.05, 3.63) is 126 Å². The molecule has 1 heterocycles. The van der Waals surface area contributed by atoms with Gasteiger partial charge in [0.15, 0.2) is 0 Å². The first-order chi connectivity index (χ1) is 14.3. The summed E-state index contributed by atoms with van der Waals surface area (Å²) in [6.07, 6.45) is 10.8. The van der Waals surface area contributed by atoms with Gasteiger partial charge in [0, 0.05) is 18.0 Å². The van der Waals surface area contributed by atoms with Gasteiger partial charge in [-0.2, -0.15) is 0 Å². The van der Waals surface area contributed by atoms with Gasteiger partial charge < -0.3 is 4.57 Å². The van der Waals surface area contributed by atoms with Crippen LogP contribution < -0.4 is 0 Å². The first-order valence-electron chi connectivity index (χ1n) is 10.0. The zero-order valence-electron chi connectivity index (χ0n) is 16.1. The van der Waals surface area contributed by atoms with Crippen LogP contribution in [0.2, 0.25) is 0 Å². The molecule has 0 amide bonds. The number of benzene rings is 3. The number of aromatic nitrogens is 2. The van der Waals surface area contributed by atoms with Crippen molar-refractivity contribution in [3.63, 3.8) is 0 Å². The maximum Gasteiger partial charge on any atom is 0.121 e. The third-order valence-electron chi connectivity index (χ3n) is 5.95. The lowest BCUT2D eigenvalue weighted by molar-refractivity contribution is 0.514. The molecule has 5 rings (SSSR count). The topological polar surface area (TPSA) is 17.8 Å². The van der Waals surface area contributed by atoms with Crippen LogP contribution in [-0.4, -0.2) is 9.55 Å². The van der Waals surface area contributed by atoms with E-state index in [1.54, 1.807) is 0 Å². The van der Waals surface area contributed by atoms with Crippen molar-refractivity contribution in [1.82, 2.24) is 9.55 Å². The summed E-state index contributed by atoms with van der Waals surface area (Å²) in [4.78, 5) is 4.79. The van der Waals surface area contributed by atoms with Crippen molar-refractivity contribution >= 4 is 0 Å². The molecule has 2 heteroatoms. The molecule has 2 atom stereocenters. The fourth-order valence-electron chi connectivity index (χ4n) is 4.40. The SMILES string of the molecule is C#C[C@@H]1C[C@H]1c1cn(C(c2ccccc2)(c2ccccc2)c2ccccc2)cn1. The quantitative estimate of drug-likeness (QED) is 0.335. The first kappa shape index (κ1) is 17.5. The Kier molecular flexibility index (Phi) is 4.30. The van der Waals surface area contributed by atoms with Gasteiger partial charge in [0.05, 0.1) is 12.0 Å². The Balaban J connectivity index is 1.78. The fraction of sp³-hybridized carbons (Fsp3) is 0.148. The van der Waals surface area contributed by atoms with Gasteiger partial charge in [-0.25, -0.2) is 4.98 Å². The van der Waals surface area contributed by atoms with Crippen LogP contribution in [0.15, 0.2) is 104 Å². The minimum absolute atomic E-state index is 0.318. The van der Waals surface area contributed by atoms with Crippen LogP contribution in [0.25, 0.3) is 0 Å². The van der Waals surface area contributed by atoms with Gasteiger partial charge in [-0.05, 0) is 23.1 Å². The van der Waals surface area contributed by atoms with Crippen LogP contribution in [0.3, 0.4) is 0 Å². The molecular formula is C27H22N2. The molecule has 29 heavy (non-hydrogen) atoms. The summed E-state index contributed by atoms with van der Waals surface area (Å²) >= 11 is 0. The number of terminal acetylenes is 1. The van der Waals surface area contributed by atoms with Crippen molar-refractivity contribution in [2.75, 3.05) is 0 Å². The van der Waals surface area contributed by atoms with Gasteiger partial charge in [-0.3, -0.25) is 0 Å². The van der Waals surface area contributed by atoms with Crippen LogP contribution in [0, 0.1) is 18.3 Å². The van der Waals surface area contributed by atoms with Crippen LogP contribution >= 0.6 is 0 Å². The van der Waals surface area contributed by atoms with E-state index in [0.29, 0.717) is 11.8 Å². The highest BCUT2D eigenvalue weighted by molar-refractivity contribution is 5.50. The first-order valence-corrected chi connectivity index (χ1v) is 10.0.